The molecule has 2 aliphatic rings. The third-order valence-corrected chi connectivity index (χ3v) is 5.56. The second-order valence-electron chi connectivity index (χ2n) is 7.52. The molecule has 160 valence electrons. The number of allylic oxidation sites excluding steroid dienone is 2. The first-order chi connectivity index (χ1) is 14.3. The van der Waals surface area contributed by atoms with Crippen LogP contribution in [-0.4, -0.2) is 47.8 Å². The van der Waals surface area contributed by atoms with Gasteiger partial charge in [0.1, 0.15) is 11.8 Å². The van der Waals surface area contributed by atoms with E-state index in [9.17, 15) is 19.2 Å². The number of hydrogen-bond donors (Lipinski definition) is 1. The number of carbonyl (C=O) groups excluding carboxylic acids is 4. The zero-order valence-corrected chi connectivity index (χ0v) is 17.3. The Kier molecular flexibility index (Phi) is 6.54. The summed E-state index contributed by atoms with van der Waals surface area (Å²) in [6.07, 6.45) is 3.70. The molecule has 0 aromatic heterocycles. The Hall–Kier alpha value is -3.16. The predicted octanol–water partition coefficient (Wildman–Crippen LogP) is 1.58. The molecular formula is C22H26N2O6. The highest BCUT2D eigenvalue weighted by Crippen LogP contribution is 2.36. The normalized spacial score (nSPS) is 22.3. The highest BCUT2D eigenvalue weighted by molar-refractivity contribution is 6.08. The lowest BCUT2D eigenvalue weighted by Gasteiger charge is -2.23. The predicted molar refractivity (Wildman–Crippen MR) is 107 cm³/mol. The lowest BCUT2D eigenvalue weighted by Crippen LogP contribution is -2.46. The fourth-order valence-corrected chi connectivity index (χ4v) is 3.72. The molecule has 1 heterocycles. The van der Waals surface area contributed by atoms with Gasteiger partial charge in [0.2, 0.25) is 11.8 Å². The van der Waals surface area contributed by atoms with Gasteiger partial charge < -0.3 is 14.8 Å². The number of amides is 3. The number of nitrogens with zero attached hydrogens (tertiary/aromatic N) is 1. The van der Waals surface area contributed by atoms with Crippen LogP contribution in [0.2, 0.25) is 0 Å². The number of benzene rings is 1. The van der Waals surface area contributed by atoms with Crippen LogP contribution in [0, 0.1) is 11.8 Å². The number of rotatable bonds is 7. The minimum Gasteiger partial charge on any atom is -0.497 e. The molecule has 1 aliphatic carbocycles. The summed E-state index contributed by atoms with van der Waals surface area (Å²) in [5.74, 6) is -2.07. The molecule has 3 rings (SSSR count). The van der Waals surface area contributed by atoms with Gasteiger partial charge >= 0.3 is 5.97 Å². The van der Waals surface area contributed by atoms with Gasteiger partial charge in [-0.3, -0.25) is 19.3 Å². The van der Waals surface area contributed by atoms with Crippen molar-refractivity contribution in [1.82, 2.24) is 10.2 Å². The van der Waals surface area contributed by atoms with Crippen LogP contribution < -0.4 is 10.1 Å². The van der Waals surface area contributed by atoms with Crippen LogP contribution in [0.5, 0.6) is 5.75 Å². The molecule has 0 unspecified atom stereocenters. The molecule has 1 aliphatic heterocycles. The van der Waals surface area contributed by atoms with E-state index >= 15 is 0 Å². The van der Waals surface area contributed by atoms with Gasteiger partial charge in [-0.05, 0) is 44.4 Å². The van der Waals surface area contributed by atoms with Gasteiger partial charge in [0.05, 0.1) is 18.9 Å². The molecule has 1 saturated heterocycles. The first kappa shape index (κ1) is 21.5. The Morgan fingerprint density at radius 1 is 1.07 bits per heavy atom. The Labute approximate surface area is 175 Å². The summed E-state index contributed by atoms with van der Waals surface area (Å²) >= 11 is 0. The summed E-state index contributed by atoms with van der Waals surface area (Å²) in [7, 11) is 1.57. The van der Waals surface area contributed by atoms with Crippen molar-refractivity contribution < 1.29 is 28.7 Å². The average molecular weight is 414 g/mol. The van der Waals surface area contributed by atoms with E-state index in [0.29, 0.717) is 18.6 Å². The average Bonchev–Trinajstić information content (AvgIpc) is 3.02. The Morgan fingerprint density at radius 2 is 1.63 bits per heavy atom. The molecule has 1 aromatic rings. The van der Waals surface area contributed by atoms with Gasteiger partial charge in [0.25, 0.3) is 5.91 Å². The van der Waals surface area contributed by atoms with Gasteiger partial charge in [0, 0.05) is 6.54 Å². The maximum atomic E-state index is 12.6. The number of nitrogens with one attached hydrogen (secondary N) is 1. The van der Waals surface area contributed by atoms with Crippen LogP contribution in [0.1, 0.15) is 32.3 Å². The molecule has 0 bridgehead atoms. The van der Waals surface area contributed by atoms with E-state index in [-0.39, 0.29) is 18.4 Å². The number of methoxy groups -OCH3 is 1. The largest absolute Gasteiger partial charge is 0.497 e. The van der Waals surface area contributed by atoms with Crippen molar-refractivity contribution in [3.05, 3.63) is 42.0 Å². The molecule has 1 N–H and O–H groups in total. The zero-order valence-electron chi connectivity index (χ0n) is 17.3. The van der Waals surface area contributed by atoms with Crippen molar-refractivity contribution in [3.8, 4) is 5.75 Å². The molecule has 1 aromatic carbocycles. The van der Waals surface area contributed by atoms with Crippen molar-refractivity contribution in [2.75, 3.05) is 7.11 Å². The number of carbonyl (C=O) groups is 4. The summed E-state index contributed by atoms with van der Waals surface area (Å²) in [4.78, 5) is 51.0. The van der Waals surface area contributed by atoms with Crippen LogP contribution >= 0.6 is 0 Å². The number of esters is 1. The van der Waals surface area contributed by atoms with Crippen molar-refractivity contribution in [3.63, 3.8) is 0 Å². The van der Waals surface area contributed by atoms with Gasteiger partial charge in [-0.15, -0.1) is 0 Å². The minimum absolute atomic E-state index is 0.264. The number of hydrogen-bond acceptors (Lipinski definition) is 6. The maximum Gasteiger partial charge on any atom is 0.329 e. The van der Waals surface area contributed by atoms with Crippen LogP contribution in [0.3, 0.4) is 0 Å². The molecular weight excluding hydrogens is 388 g/mol. The van der Waals surface area contributed by atoms with Crippen LogP contribution in [-0.2, 0) is 30.5 Å². The topological polar surface area (TPSA) is 102 Å². The summed E-state index contributed by atoms with van der Waals surface area (Å²) in [5.41, 5.74) is 0.862. The van der Waals surface area contributed by atoms with Crippen LogP contribution in [0.15, 0.2) is 36.4 Å². The van der Waals surface area contributed by atoms with Gasteiger partial charge in [-0.2, -0.15) is 0 Å². The second kappa shape index (κ2) is 9.11. The van der Waals surface area contributed by atoms with Crippen molar-refractivity contribution in [1.29, 1.82) is 0 Å². The monoisotopic (exact) mass is 414 g/mol. The third kappa shape index (κ3) is 4.37. The molecule has 4 atom stereocenters. The number of imide groups is 1. The van der Waals surface area contributed by atoms with Crippen LogP contribution in [0.25, 0.3) is 0 Å². The molecule has 0 spiro atoms. The van der Waals surface area contributed by atoms with E-state index in [0.717, 1.165) is 10.5 Å². The lowest BCUT2D eigenvalue weighted by molar-refractivity contribution is -0.164. The highest BCUT2D eigenvalue weighted by Gasteiger charge is 2.50. The third-order valence-electron chi connectivity index (χ3n) is 5.56. The van der Waals surface area contributed by atoms with Gasteiger partial charge in [0.15, 0.2) is 6.10 Å². The van der Waals surface area contributed by atoms with Crippen molar-refractivity contribution in [2.45, 2.75) is 45.4 Å². The van der Waals surface area contributed by atoms with Gasteiger partial charge in [-0.1, -0.05) is 24.3 Å². The van der Waals surface area contributed by atoms with Crippen molar-refractivity contribution >= 4 is 23.7 Å². The molecule has 30 heavy (non-hydrogen) atoms. The summed E-state index contributed by atoms with van der Waals surface area (Å²) in [5, 5.41) is 2.70. The smallest absolute Gasteiger partial charge is 0.329 e. The molecule has 0 saturated carbocycles. The van der Waals surface area contributed by atoms with Crippen LogP contribution in [0.4, 0.5) is 0 Å². The summed E-state index contributed by atoms with van der Waals surface area (Å²) in [6.45, 7) is 3.16. The van der Waals surface area contributed by atoms with E-state index < -0.39 is 35.9 Å². The SMILES string of the molecule is COc1ccc(CNC(=O)[C@H](C)OC(=O)[C@H](C)N2C(=O)[C@H]3CC=CC[C@H]3C2=O)cc1. The quantitative estimate of drug-likeness (QED) is 0.413. The first-order valence-corrected chi connectivity index (χ1v) is 9.96. The fraction of sp³-hybridized carbons (Fsp3) is 0.455. The zero-order chi connectivity index (χ0) is 21.8. The number of fused-ring (bicyclic) bond motifs is 1. The van der Waals surface area contributed by atoms with E-state index in [2.05, 4.69) is 5.32 Å². The number of ether oxygens (including phenoxy) is 2. The molecule has 8 heteroatoms. The molecule has 3 amide bonds. The van der Waals surface area contributed by atoms with E-state index in [1.807, 2.05) is 24.3 Å². The van der Waals surface area contributed by atoms with E-state index in [4.69, 9.17) is 9.47 Å². The Morgan fingerprint density at radius 3 is 2.17 bits per heavy atom. The minimum atomic E-state index is -1.08. The Balaban J connectivity index is 1.53. The van der Waals surface area contributed by atoms with Gasteiger partial charge in [-0.25, -0.2) is 4.79 Å². The standard InChI is InChI=1S/C22H26N2O6/c1-13(24-20(26)17-6-4-5-7-18(17)21(24)27)22(28)30-14(2)19(25)23-12-15-8-10-16(29-3)11-9-15/h4-5,8-11,13-14,17-18H,6-7,12H2,1-3H3,(H,23,25)/t13-,14-,17-,18+/m0/s1. The second-order valence-corrected chi connectivity index (χ2v) is 7.52. The summed E-state index contributed by atoms with van der Waals surface area (Å²) in [6, 6.07) is 6.12. The van der Waals surface area contributed by atoms with Crippen molar-refractivity contribution in [2.24, 2.45) is 11.8 Å². The number of likely N-dealkylation sites (tertiary alicyclic amines) is 1. The lowest BCUT2D eigenvalue weighted by atomic mass is 9.85. The maximum absolute atomic E-state index is 12.6. The highest BCUT2D eigenvalue weighted by atomic mass is 16.5. The fourth-order valence-electron chi connectivity index (χ4n) is 3.72. The summed E-state index contributed by atoms with van der Waals surface area (Å²) < 4.78 is 10.3. The molecule has 8 nitrogen and oxygen atoms in total. The Bertz CT molecular complexity index is 837. The van der Waals surface area contributed by atoms with E-state index in [1.54, 1.807) is 19.2 Å². The molecule has 1 fully saturated rings. The molecule has 0 radical (unpaired) electrons. The van der Waals surface area contributed by atoms with E-state index in [1.165, 1.54) is 13.8 Å². The first-order valence-electron chi connectivity index (χ1n) is 9.96.